The van der Waals surface area contributed by atoms with Crippen molar-refractivity contribution >= 4 is 12.0 Å². The highest BCUT2D eigenvalue weighted by Crippen LogP contribution is 2.31. The number of aliphatic carboxylic acids is 1. The Morgan fingerprint density at radius 1 is 1.50 bits per heavy atom. The van der Waals surface area contributed by atoms with Gasteiger partial charge < -0.3 is 15.3 Å². The van der Waals surface area contributed by atoms with Crippen molar-refractivity contribution in [1.29, 1.82) is 0 Å². The number of amides is 2. The molecular weight excluding hydrogens is 232 g/mol. The first-order valence-electron chi connectivity index (χ1n) is 6.29. The van der Waals surface area contributed by atoms with E-state index >= 15 is 0 Å². The topological polar surface area (TPSA) is 69.6 Å². The Bertz CT molecular complexity index is 349. The Balaban J connectivity index is 2.42. The molecule has 2 amide bonds. The van der Waals surface area contributed by atoms with Crippen molar-refractivity contribution in [2.24, 2.45) is 11.8 Å². The molecule has 0 spiro atoms. The van der Waals surface area contributed by atoms with Gasteiger partial charge in [-0.2, -0.15) is 0 Å². The summed E-state index contributed by atoms with van der Waals surface area (Å²) < 4.78 is 0. The number of urea groups is 1. The number of terminal acetylenes is 1. The maximum Gasteiger partial charge on any atom is 0.318 e. The third-order valence-electron chi connectivity index (χ3n) is 3.44. The van der Waals surface area contributed by atoms with E-state index < -0.39 is 5.97 Å². The zero-order chi connectivity index (χ0) is 13.5. The lowest BCUT2D eigenvalue weighted by molar-refractivity contribution is -0.142. The Morgan fingerprint density at radius 3 is 2.78 bits per heavy atom. The first kappa shape index (κ1) is 14.4. The van der Waals surface area contributed by atoms with Crippen molar-refractivity contribution in [3.05, 3.63) is 0 Å². The van der Waals surface area contributed by atoms with Crippen LogP contribution in [0.1, 0.15) is 26.2 Å². The summed E-state index contributed by atoms with van der Waals surface area (Å²) in [5.74, 6) is 1.38. The molecule has 0 radical (unpaired) electrons. The van der Waals surface area contributed by atoms with Crippen LogP contribution in [0.3, 0.4) is 0 Å². The molecule has 1 aliphatic carbocycles. The number of carboxylic acids is 1. The molecule has 1 aliphatic rings. The van der Waals surface area contributed by atoms with Crippen LogP contribution in [-0.2, 0) is 4.79 Å². The number of rotatable bonds is 5. The van der Waals surface area contributed by atoms with Crippen LogP contribution in [0.25, 0.3) is 0 Å². The molecule has 18 heavy (non-hydrogen) atoms. The summed E-state index contributed by atoms with van der Waals surface area (Å²) in [5.41, 5.74) is 0. The molecule has 1 saturated carbocycles. The summed E-state index contributed by atoms with van der Waals surface area (Å²) in [5, 5.41) is 11.8. The minimum atomic E-state index is -0.761. The fourth-order valence-corrected chi connectivity index (χ4v) is 2.37. The number of nitrogens with one attached hydrogen (secondary N) is 1. The second-order valence-corrected chi connectivity index (χ2v) is 4.54. The lowest BCUT2D eigenvalue weighted by atomic mass is 9.96. The highest BCUT2D eigenvalue weighted by Gasteiger charge is 2.33. The molecule has 0 aromatic rings. The molecule has 0 bridgehead atoms. The van der Waals surface area contributed by atoms with Gasteiger partial charge in [0.05, 0.1) is 12.5 Å². The molecule has 0 aromatic carbocycles. The fraction of sp³-hybridized carbons (Fsp3) is 0.692. The van der Waals surface area contributed by atoms with Crippen LogP contribution >= 0.6 is 0 Å². The van der Waals surface area contributed by atoms with E-state index in [0.29, 0.717) is 19.5 Å². The smallest absolute Gasteiger partial charge is 0.318 e. The molecule has 2 N–H and O–H groups in total. The third-order valence-corrected chi connectivity index (χ3v) is 3.44. The van der Waals surface area contributed by atoms with Crippen molar-refractivity contribution in [1.82, 2.24) is 10.2 Å². The van der Waals surface area contributed by atoms with Crippen LogP contribution in [0.2, 0.25) is 0 Å². The van der Waals surface area contributed by atoms with Crippen LogP contribution in [0.4, 0.5) is 4.79 Å². The average molecular weight is 252 g/mol. The highest BCUT2D eigenvalue weighted by molar-refractivity contribution is 5.75. The Hall–Kier alpha value is -1.70. The molecule has 0 heterocycles. The zero-order valence-electron chi connectivity index (χ0n) is 10.7. The molecule has 1 fully saturated rings. The van der Waals surface area contributed by atoms with Crippen LogP contribution in [0.5, 0.6) is 0 Å². The van der Waals surface area contributed by atoms with Crippen molar-refractivity contribution < 1.29 is 14.7 Å². The average Bonchev–Trinajstić information content (AvgIpc) is 2.81. The summed E-state index contributed by atoms with van der Waals surface area (Å²) in [6.07, 6.45) is 7.66. The number of carbonyl (C=O) groups excluding carboxylic acids is 1. The van der Waals surface area contributed by atoms with Crippen LogP contribution in [0, 0.1) is 24.2 Å². The van der Waals surface area contributed by atoms with E-state index in [0.717, 1.165) is 12.8 Å². The molecule has 5 nitrogen and oxygen atoms in total. The highest BCUT2D eigenvalue weighted by atomic mass is 16.4. The lowest BCUT2D eigenvalue weighted by Crippen LogP contribution is -2.42. The second kappa shape index (κ2) is 6.90. The van der Waals surface area contributed by atoms with Crippen molar-refractivity contribution in [2.75, 3.05) is 19.6 Å². The van der Waals surface area contributed by atoms with Crippen molar-refractivity contribution in [3.63, 3.8) is 0 Å². The van der Waals surface area contributed by atoms with Gasteiger partial charge in [0.25, 0.3) is 0 Å². The molecule has 0 aromatic heterocycles. The zero-order valence-corrected chi connectivity index (χ0v) is 10.7. The van der Waals surface area contributed by atoms with Gasteiger partial charge in [-0.05, 0) is 25.7 Å². The van der Waals surface area contributed by atoms with Crippen molar-refractivity contribution in [3.8, 4) is 12.3 Å². The molecular formula is C13H20N2O3. The van der Waals surface area contributed by atoms with Gasteiger partial charge in [0.2, 0.25) is 0 Å². The summed E-state index contributed by atoms with van der Waals surface area (Å²) in [6.45, 7) is 3.09. The van der Waals surface area contributed by atoms with Gasteiger partial charge in [-0.3, -0.25) is 4.79 Å². The molecule has 0 aliphatic heterocycles. The Morgan fingerprint density at radius 2 is 2.22 bits per heavy atom. The predicted molar refractivity (Wildman–Crippen MR) is 67.9 cm³/mol. The van der Waals surface area contributed by atoms with Gasteiger partial charge in [-0.1, -0.05) is 12.3 Å². The Kier molecular flexibility index (Phi) is 5.50. The SMILES string of the molecule is C#CCN(CC)C(=O)NCC1CCCC1C(=O)O. The van der Waals surface area contributed by atoms with Gasteiger partial charge in [0.1, 0.15) is 0 Å². The number of hydrogen-bond donors (Lipinski definition) is 2. The van der Waals surface area contributed by atoms with Crippen molar-refractivity contribution in [2.45, 2.75) is 26.2 Å². The van der Waals surface area contributed by atoms with Gasteiger partial charge in [-0.15, -0.1) is 6.42 Å². The van der Waals surface area contributed by atoms with E-state index in [1.807, 2.05) is 6.92 Å². The second-order valence-electron chi connectivity index (χ2n) is 4.54. The third kappa shape index (κ3) is 3.66. The molecule has 100 valence electrons. The number of carbonyl (C=O) groups is 2. The standard InChI is InChI=1S/C13H20N2O3/c1-3-8-15(4-2)13(18)14-9-10-6-5-7-11(10)12(16)17/h1,10-11H,4-9H2,2H3,(H,14,18)(H,16,17). The first-order valence-corrected chi connectivity index (χ1v) is 6.29. The van der Waals surface area contributed by atoms with Crippen LogP contribution < -0.4 is 5.32 Å². The Labute approximate surface area is 108 Å². The van der Waals surface area contributed by atoms with E-state index in [-0.39, 0.29) is 24.4 Å². The fourth-order valence-electron chi connectivity index (χ4n) is 2.37. The minimum Gasteiger partial charge on any atom is -0.481 e. The molecule has 0 saturated heterocycles. The molecule has 5 heteroatoms. The predicted octanol–water partition coefficient (Wildman–Crippen LogP) is 1.15. The maximum absolute atomic E-state index is 11.8. The minimum absolute atomic E-state index is 0.0380. The maximum atomic E-state index is 11.8. The first-order chi connectivity index (χ1) is 8.60. The molecule has 2 unspecified atom stereocenters. The van der Waals surface area contributed by atoms with Crippen LogP contribution in [-0.4, -0.2) is 41.6 Å². The van der Waals surface area contributed by atoms with Gasteiger partial charge in [0, 0.05) is 13.1 Å². The number of nitrogens with zero attached hydrogens (tertiary/aromatic N) is 1. The summed E-state index contributed by atoms with van der Waals surface area (Å²) in [6, 6.07) is -0.216. The van der Waals surface area contributed by atoms with E-state index in [1.54, 1.807) is 0 Å². The molecule has 2 atom stereocenters. The van der Waals surface area contributed by atoms with Gasteiger partial charge in [-0.25, -0.2) is 4.79 Å². The summed E-state index contributed by atoms with van der Waals surface area (Å²) >= 11 is 0. The number of hydrogen-bond acceptors (Lipinski definition) is 2. The van der Waals surface area contributed by atoms with Gasteiger partial charge >= 0.3 is 12.0 Å². The monoisotopic (exact) mass is 252 g/mol. The van der Waals surface area contributed by atoms with E-state index in [4.69, 9.17) is 11.5 Å². The quantitative estimate of drug-likeness (QED) is 0.721. The summed E-state index contributed by atoms with van der Waals surface area (Å²) in [4.78, 5) is 24.3. The number of carboxylic acid groups (broad SMARTS) is 1. The molecule has 1 rings (SSSR count). The largest absolute Gasteiger partial charge is 0.481 e. The van der Waals surface area contributed by atoms with Gasteiger partial charge in [0.15, 0.2) is 0 Å². The lowest BCUT2D eigenvalue weighted by Gasteiger charge is -2.21. The normalized spacial score (nSPS) is 22.2. The van der Waals surface area contributed by atoms with E-state index in [2.05, 4.69) is 11.2 Å². The van der Waals surface area contributed by atoms with E-state index in [9.17, 15) is 9.59 Å². The summed E-state index contributed by atoms with van der Waals surface area (Å²) in [7, 11) is 0. The van der Waals surface area contributed by atoms with Crippen LogP contribution in [0.15, 0.2) is 0 Å². The van der Waals surface area contributed by atoms with E-state index in [1.165, 1.54) is 4.90 Å².